The van der Waals surface area contributed by atoms with Gasteiger partial charge >= 0.3 is 11.8 Å². The van der Waals surface area contributed by atoms with Crippen molar-refractivity contribution >= 4 is 23.7 Å². The Labute approximate surface area is 224 Å². The average molecular weight is 548 g/mol. The van der Waals surface area contributed by atoms with Crippen molar-refractivity contribution in [2.75, 3.05) is 13.7 Å². The summed E-state index contributed by atoms with van der Waals surface area (Å²) < 4.78 is 23.8. The smallest absolute Gasteiger partial charge is 0.437 e. The van der Waals surface area contributed by atoms with E-state index in [1.807, 2.05) is 0 Å². The van der Waals surface area contributed by atoms with E-state index < -0.39 is 65.2 Å². The maximum Gasteiger partial charge on any atom is 0.437 e. The average Bonchev–Trinajstić information content (AvgIpc) is 3.53. The lowest BCUT2D eigenvalue weighted by Crippen LogP contribution is -2.57. The Bertz CT molecular complexity index is 1250. The highest BCUT2D eigenvalue weighted by atomic mass is 19.1. The van der Waals surface area contributed by atoms with Crippen molar-refractivity contribution in [3.63, 3.8) is 0 Å². The molecule has 1 saturated heterocycles. The first-order valence-electron chi connectivity index (χ1n) is 12.7. The van der Waals surface area contributed by atoms with E-state index >= 15 is 0 Å². The van der Waals surface area contributed by atoms with Gasteiger partial charge in [-0.25, -0.2) is 14.0 Å². The Morgan fingerprint density at radius 1 is 1.08 bits per heavy atom. The summed E-state index contributed by atoms with van der Waals surface area (Å²) in [6, 6.07) is 2.61. The van der Waals surface area contributed by atoms with Crippen LogP contribution in [0.15, 0.2) is 33.5 Å². The molecule has 3 atom stereocenters. The third-order valence-corrected chi connectivity index (χ3v) is 6.54. The molecule has 3 amide bonds. The van der Waals surface area contributed by atoms with Gasteiger partial charge < -0.3 is 24.7 Å². The predicted octanol–water partition coefficient (Wildman–Crippen LogP) is 1.72. The van der Waals surface area contributed by atoms with Crippen molar-refractivity contribution in [3.8, 4) is 0 Å². The maximum atomic E-state index is 13.3. The quantitative estimate of drug-likeness (QED) is 0.427. The minimum absolute atomic E-state index is 0.0373. The fourth-order valence-corrected chi connectivity index (χ4v) is 4.37. The first kappa shape index (κ1) is 29.5. The van der Waals surface area contributed by atoms with Gasteiger partial charge in [-0.2, -0.15) is 4.68 Å². The number of aromatic nitrogens is 2. The van der Waals surface area contributed by atoms with Crippen LogP contribution in [0, 0.1) is 17.7 Å². The Morgan fingerprint density at radius 3 is 2.31 bits per heavy atom. The van der Waals surface area contributed by atoms with Gasteiger partial charge in [-0.15, -0.1) is 5.10 Å². The molecule has 1 aliphatic heterocycles. The summed E-state index contributed by atoms with van der Waals surface area (Å²) in [7, 11) is 1.19. The van der Waals surface area contributed by atoms with E-state index in [2.05, 4.69) is 20.5 Å². The Hall–Kier alpha value is -4.03. The van der Waals surface area contributed by atoms with E-state index in [1.54, 1.807) is 27.7 Å². The molecule has 12 nitrogen and oxygen atoms in total. The van der Waals surface area contributed by atoms with Crippen LogP contribution < -0.4 is 16.4 Å². The normalized spacial score (nSPS) is 16.7. The number of nitrogens with zero attached hydrogens (tertiary/aromatic N) is 3. The molecule has 0 saturated carbocycles. The fraction of sp³-hybridized carbons (Fsp3) is 0.538. The minimum atomic E-state index is -1.08. The van der Waals surface area contributed by atoms with Crippen molar-refractivity contribution in [1.82, 2.24) is 25.3 Å². The Balaban J connectivity index is 1.75. The van der Waals surface area contributed by atoms with E-state index in [0.717, 1.165) is 4.68 Å². The summed E-state index contributed by atoms with van der Waals surface area (Å²) in [6.07, 6.45) is 0.185. The number of rotatable bonds is 10. The van der Waals surface area contributed by atoms with Crippen molar-refractivity contribution in [2.24, 2.45) is 11.8 Å². The summed E-state index contributed by atoms with van der Waals surface area (Å²) in [5.74, 6) is -4.10. The van der Waals surface area contributed by atoms with E-state index in [4.69, 9.17) is 4.42 Å². The number of Topliss-reactive ketones (excluding diaryl/α,β-unsaturated/α-hetero) is 1. The van der Waals surface area contributed by atoms with Crippen LogP contribution in [0.1, 0.15) is 56.8 Å². The largest absolute Gasteiger partial charge is 0.453 e. The molecule has 0 radical (unpaired) electrons. The number of carbonyl (C=O) groups is 4. The van der Waals surface area contributed by atoms with E-state index in [0.29, 0.717) is 24.9 Å². The van der Waals surface area contributed by atoms with Gasteiger partial charge in [0, 0.05) is 6.54 Å². The highest BCUT2D eigenvalue weighted by Crippen LogP contribution is 2.21. The molecule has 1 aliphatic rings. The lowest BCUT2D eigenvalue weighted by molar-refractivity contribution is -0.141. The molecule has 0 spiro atoms. The number of amides is 3. The van der Waals surface area contributed by atoms with Gasteiger partial charge in [0.15, 0.2) is 0 Å². The number of halogens is 1. The van der Waals surface area contributed by atoms with Gasteiger partial charge in [0.25, 0.3) is 5.89 Å². The lowest BCUT2D eigenvalue weighted by atomic mass is 9.98. The standard InChI is InChI=1S/C26H34FN5O7/c1-14(2)19(21(33)23-30-32(26(37)39-23)13-16-8-10-17(27)11-9-16)28-22(34)18-7-6-12-31(18)24(35)20(15(3)4)29-25(36)38-5/h8-11,14-15,18-20H,6-7,12-13H2,1-5H3,(H,28,34)(H,29,36)/t18-,19-,20-/m0/s1. The number of hydrogen-bond acceptors (Lipinski definition) is 8. The fourth-order valence-electron chi connectivity index (χ4n) is 4.37. The molecule has 2 N–H and O–H groups in total. The second-order valence-electron chi connectivity index (χ2n) is 10.1. The van der Waals surface area contributed by atoms with Crippen LogP contribution in [0.2, 0.25) is 0 Å². The zero-order valence-corrected chi connectivity index (χ0v) is 22.6. The number of benzene rings is 1. The van der Waals surface area contributed by atoms with Crippen LogP contribution in [0.3, 0.4) is 0 Å². The number of ether oxygens (including phenoxy) is 1. The van der Waals surface area contributed by atoms with E-state index in [1.165, 1.54) is 36.3 Å². The van der Waals surface area contributed by atoms with Crippen molar-refractivity contribution in [3.05, 3.63) is 52.1 Å². The van der Waals surface area contributed by atoms with Gasteiger partial charge in [0.05, 0.1) is 19.7 Å². The van der Waals surface area contributed by atoms with Crippen LogP contribution in [0.4, 0.5) is 9.18 Å². The molecule has 2 aromatic rings. The van der Waals surface area contributed by atoms with Crippen LogP contribution in [0.5, 0.6) is 0 Å². The summed E-state index contributed by atoms with van der Waals surface area (Å²) in [5, 5.41) is 9.20. The number of hydrogen-bond donors (Lipinski definition) is 2. The summed E-state index contributed by atoms with van der Waals surface area (Å²) in [6.45, 7) is 7.22. The highest BCUT2D eigenvalue weighted by Gasteiger charge is 2.40. The number of ketones is 1. The number of nitrogens with one attached hydrogen (secondary N) is 2. The molecule has 1 aromatic heterocycles. The van der Waals surface area contributed by atoms with Gasteiger partial charge in [-0.1, -0.05) is 39.8 Å². The molecule has 212 valence electrons. The molecule has 1 fully saturated rings. The molecule has 0 aliphatic carbocycles. The predicted molar refractivity (Wildman–Crippen MR) is 136 cm³/mol. The van der Waals surface area contributed by atoms with Gasteiger partial charge in [0.2, 0.25) is 17.6 Å². The van der Waals surface area contributed by atoms with Crippen molar-refractivity contribution < 1.29 is 32.7 Å². The zero-order chi connectivity index (χ0) is 28.9. The third kappa shape index (κ3) is 7.09. The molecule has 1 aromatic carbocycles. The number of methoxy groups -OCH3 is 1. The molecule has 2 heterocycles. The molecule has 3 rings (SSSR count). The maximum absolute atomic E-state index is 13.3. The Morgan fingerprint density at radius 2 is 1.72 bits per heavy atom. The summed E-state index contributed by atoms with van der Waals surface area (Å²) >= 11 is 0. The summed E-state index contributed by atoms with van der Waals surface area (Å²) in [4.78, 5) is 65.3. The molecule has 0 bridgehead atoms. The van der Waals surface area contributed by atoms with E-state index in [9.17, 15) is 28.4 Å². The Kier molecular flexibility index (Phi) is 9.60. The van der Waals surface area contributed by atoms with E-state index in [-0.39, 0.29) is 12.5 Å². The SMILES string of the molecule is COC(=O)N[C@H](C(=O)N1CCC[C@H]1C(=O)N[C@H](C(=O)c1nn(Cc2ccc(F)cc2)c(=O)o1)C(C)C)C(C)C. The van der Waals surface area contributed by atoms with Crippen LogP contribution in [-0.4, -0.2) is 70.2 Å². The van der Waals surface area contributed by atoms with Crippen LogP contribution in [0.25, 0.3) is 0 Å². The number of carbonyl (C=O) groups excluding carboxylic acids is 4. The van der Waals surface area contributed by atoms with Gasteiger partial charge in [-0.05, 0) is 42.4 Å². The number of likely N-dealkylation sites (tertiary alicyclic amines) is 1. The van der Waals surface area contributed by atoms with Crippen LogP contribution in [-0.2, 0) is 20.9 Å². The second-order valence-corrected chi connectivity index (χ2v) is 10.1. The molecule has 0 unspecified atom stereocenters. The van der Waals surface area contributed by atoms with Crippen LogP contribution >= 0.6 is 0 Å². The second kappa shape index (κ2) is 12.7. The molecule has 13 heteroatoms. The van der Waals surface area contributed by atoms with Crippen molar-refractivity contribution in [1.29, 1.82) is 0 Å². The molecule has 39 heavy (non-hydrogen) atoms. The minimum Gasteiger partial charge on any atom is -0.453 e. The third-order valence-electron chi connectivity index (χ3n) is 6.54. The van der Waals surface area contributed by atoms with Gasteiger partial charge in [-0.3, -0.25) is 14.4 Å². The number of alkyl carbamates (subject to hydrolysis) is 1. The first-order chi connectivity index (χ1) is 18.4. The summed E-state index contributed by atoms with van der Waals surface area (Å²) in [5.41, 5.74) is 0.576. The molecular formula is C26H34FN5O7. The highest BCUT2D eigenvalue weighted by molar-refractivity contribution is 6.00. The first-order valence-corrected chi connectivity index (χ1v) is 12.7. The molecular weight excluding hydrogens is 513 g/mol. The van der Waals surface area contributed by atoms with Gasteiger partial charge in [0.1, 0.15) is 17.9 Å². The zero-order valence-electron chi connectivity index (χ0n) is 22.6. The van der Waals surface area contributed by atoms with Crippen molar-refractivity contribution in [2.45, 2.75) is 65.2 Å². The lowest BCUT2D eigenvalue weighted by Gasteiger charge is -2.31. The monoisotopic (exact) mass is 547 g/mol. The topological polar surface area (TPSA) is 153 Å².